The van der Waals surface area contributed by atoms with Gasteiger partial charge in [0, 0.05) is 23.9 Å². The second kappa shape index (κ2) is 6.79. The Morgan fingerprint density at radius 3 is 2.26 bits per heavy atom. The summed E-state index contributed by atoms with van der Waals surface area (Å²) in [6.45, 7) is 2.86. The molecule has 3 rings (SSSR count). The Kier molecular flexibility index (Phi) is 4.65. The van der Waals surface area contributed by atoms with Gasteiger partial charge in [-0.3, -0.25) is 19.9 Å². The zero-order valence-corrected chi connectivity index (χ0v) is 14.5. The molecule has 0 aromatic heterocycles. The van der Waals surface area contributed by atoms with Gasteiger partial charge in [-0.25, -0.2) is 0 Å². The Labute approximate surface area is 153 Å². The predicted octanol–water partition coefficient (Wildman–Crippen LogP) is 3.76. The normalized spacial score (nSPS) is 15.4. The van der Waals surface area contributed by atoms with E-state index in [-0.39, 0.29) is 17.2 Å². The molecule has 0 spiro atoms. The van der Waals surface area contributed by atoms with Crippen LogP contribution in [0.15, 0.2) is 54.2 Å². The number of rotatable bonds is 3. The van der Waals surface area contributed by atoms with Gasteiger partial charge in [0.25, 0.3) is 5.91 Å². The number of hydrogen-bond acceptors (Lipinski definition) is 3. The van der Waals surface area contributed by atoms with Crippen LogP contribution in [0.3, 0.4) is 0 Å². The van der Waals surface area contributed by atoms with E-state index in [9.17, 15) is 22.8 Å². The Hall–Kier alpha value is -3.29. The smallest absolute Gasteiger partial charge is 0.302 e. The van der Waals surface area contributed by atoms with E-state index >= 15 is 0 Å². The maximum absolute atomic E-state index is 13.2. The van der Waals surface area contributed by atoms with E-state index in [1.165, 1.54) is 17.9 Å². The highest BCUT2D eigenvalue weighted by molar-refractivity contribution is 6.35. The molecule has 1 aliphatic rings. The fourth-order valence-electron chi connectivity index (χ4n) is 2.88. The quantitative estimate of drug-likeness (QED) is 0.634. The molecule has 2 amide bonds. The molecule has 27 heavy (non-hydrogen) atoms. The topological polar surface area (TPSA) is 61.4 Å². The number of carbonyl (C=O) groups is 2. The van der Waals surface area contributed by atoms with Gasteiger partial charge in [-0.1, -0.05) is 24.3 Å². The molecular formula is C19H16F3N3O2. The van der Waals surface area contributed by atoms with Crippen LogP contribution in [-0.4, -0.2) is 11.8 Å². The van der Waals surface area contributed by atoms with Crippen molar-refractivity contribution in [2.24, 2.45) is 0 Å². The van der Waals surface area contributed by atoms with Crippen molar-refractivity contribution in [3.63, 3.8) is 0 Å². The molecule has 140 valence electrons. The highest BCUT2D eigenvalue weighted by Crippen LogP contribution is 2.44. The summed E-state index contributed by atoms with van der Waals surface area (Å²) >= 11 is 0. The zero-order chi connectivity index (χ0) is 19.8. The van der Waals surface area contributed by atoms with Crippen molar-refractivity contribution >= 4 is 28.8 Å². The highest BCUT2D eigenvalue weighted by Gasteiger charge is 2.38. The van der Waals surface area contributed by atoms with E-state index in [1.54, 1.807) is 37.3 Å². The summed E-state index contributed by atoms with van der Waals surface area (Å²) in [5, 5.41) is 0. The van der Waals surface area contributed by atoms with Crippen LogP contribution >= 0.6 is 0 Å². The summed E-state index contributed by atoms with van der Waals surface area (Å²) in [6.07, 6.45) is -4.53. The van der Waals surface area contributed by atoms with Gasteiger partial charge in [0.05, 0.1) is 16.8 Å². The Bertz CT molecular complexity index is 937. The van der Waals surface area contributed by atoms with Gasteiger partial charge in [-0.05, 0) is 31.2 Å². The monoisotopic (exact) mass is 375 g/mol. The van der Waals surface area contributed by atoms with E-state index < -0.39 is 17.6 Å². The number of benzene rings is 2. The van der Waals surface area contributed by atoms with Crippen molar-refractivity contribution in [3.05, 3.63) is 65.4 Å². The number of nitrogens with zero attached hydrogens (tertiary/aromatic N) is 1. The SMILES string of the molecule is CC(=O)NN/C(C)=C1\C(=O)N(c2ccccc2)c2cc(C(F)(F)F)ccc21. The van der Waals surface area contributed by atoms with Crippen molar-refractivity contribution in [2.75, 3.05) is 4.90 Å². The molecule has 1 heterocycles. The van der Waals surface area contributed by atoms with E-state index in [2.05, 4.69) is 10.9 Å². The second-order valence-corrected chi connectivity index (χ2v) is 6.01. The summed E-state index contributed by atoms with van der Waals surface area (Å²) < 4.78 is 39.5. The van der Waals surface area contributed by atoms with E-state index in [1.807, 2.05) is 0 Å². The highest BCUT2D eigenvalue weighted by atomic mass is 19.4. The number of alkyl halides is 3. The first-order valence-corrected chi connectivity index (χ1v) is 8.04. The molecular weight excluding hydrogens is 359 g/mol. The second-order valence-electron chi connectivity index (χ2n) is 6.01. The number of hydrazine groups is 1. The lowest BCUT2D eigenvalue weighted by molar-refractivity contribution is -0.137. The Morgan fingerprint density at radius 1 is 1.00 bits per heavy atom. The van der Waals surface area contributed by atoms with Gasteiger partial charge in [-0.2, -0.15) is 13.2 Å². The van der Waals surface area contributed by atoms with Crippen molar-refractivity contribution in [2.45, 2.75) is 20.0 Å². The number of para-hydroxylation sites is 1. The zero-order valence-electron chi connectivity index (χ0n) is 14.5. The fraction of sp³-hybridized carbons (Fsp3) is 0.158. The fourth-order valence-corrected chi connectivity index (χ4v) is 2.88. The van der Waals surface area contributed by atoms with E-state index in [0.717, 1.165) is 12.1 Å². The minimum atomic E-state index is -4.53. The van der Waals surface area contributed by atoms with Crippen LogP contribution in [-0.2, 0) is 15.8 Å². The number of hydrogen-bond donors (Lipinski definition) is 2. The molecule has 0 aliphatic carbocycles. The molecule has 0 bridgehead atoms. The van der Waals surface area contributed by atoms with Crippen molar-refractivity contribution in [3.8, 4) is 0 Å². The molecule has 2 aromatic rings. The first kappa shape index (κ1) is 18.5. The number of nitrogens with one attached hydrogen (secondary N) is 2. The number of allylic oxidation sites excluding steroid dienone is 1. The van der Waals surface area contributed by atoms with E-state index in [4.69, 9.17) is 0 Å². The Balaban J connectivity index is 2.18. The van der Waals surface area contributed by atoms with Crippen LogP contribution in [0.2, 0.25) is 0 Å². The first-order chi connectivity index (χ1) is 12.7. The van der Waals surface area contributed by atoms with Gasteiger partial charge in [0.2, 0.25) is 5.91 Å². The number of carbonyl (C=O) groups excluding carboxylic acids is 2. The van der Waals surface area contributed by atoms with Crippen molar-refractivity contribution < 1.29 is 22.8 Å². The molecule has 2 N–H and O–H groups in total. The van der Waals surface area contributed by atoms with Crippen LogP contribution < -0.4 is 15.8 Å². The minimum Gasteiger partial charge on any atom is -0.302 e. The van der Waals surface area contributed by atoms with Crippen LogP contribution in [0.1, 0.15) is 25.0 Å². The van der Waals surface area contributed by atoms with Gasteiger partial charge in [0.1, 0.15) is 0 Å². The Morgan fingerprint density at radius 2 is 1.67 bits per heavy atom. The third-order valence-electron chi connectivity index (χ3n) is 4.07. The van der Waals surface area contributed by atoms with Crippen molar-refractivity contribution in [1.82, 2.24) is 10.9 Å². The van der Waals surface area contributed by atoms with Gasteiger partial charge < -0.3 is 5.43 Å². The lowest BCUT2D eigenvalue weighted by atomic mass is 10.0. The predicted molar refractivity (Wildman–Crippen MR) is 94.6 cm³/mol. The number of amides is 2. The molecule has 1 aliphatic heterocycles. The molecule has 2 aromatic carbocycles. The molecule has 8 heteroatoms. The molecule has 0 saturated heterocycles. The number of fused-ring (bicyclic) bond motifs is 1. The minimum absolute atomic E-state index is 0.139. The largest absolute Gasteiger partial charge is 0.416 e. The summed E-state index contributed by atoms with van der Waals surface area (Å²) in [6, 6.07) is 11.6. The summed E-state index contributed by atoms with van der Waals surface area (Å²) in [7, 11) is 0. The molecule has 0 unspecified atom stereocenters. The molecule has 0 radical (unpaired) electrons. The third kappa shape index (κ3) is 3.51. The number of halogens is 3. The third-order valence-corrected chi connectivity index (χ3v) is 4.07. The molecule has 0 atom stereocenters. The van der Waals surface area contributed by atoms with Gasteiger partial charge >= 0.3 is 6.18 Å². The van der Waals surface area contributed by atoms with Gasteiger partial charge in [-0.15, -0.1) is 0 Å². The van der Waals surface area contributed by atoms with Crippen LogP contribution in [0.5, 0.6) is 0 Å². The van der Waals surface area contributed by atoms with Crippen molar-refractivity contribution in [1.29, 1.82) is 0 Å². The number of anilines is 2. The van der Waals surface area contributed by atoms with Crippen LogP contribution in [0, 0.1) is 0 Å². The lowest BCUT2D eigenvalue weighted by Gasteiger charge is -2.18. The maximum atomic E-state index is 13.2. The summed E-state index contributed by atoms with van der Waals surface area (Å²) in [5.74, 6) is -0.848. The summed E-state index contributed by atoms with van der Waals surface area (Å²) in [4.78, 5) is 25.4. The average Bonchev–Trinajstić information content (AvgIpc) is 2.90. The summed E-state index contributed by atoms with van der Waals surface area (Å²) in [5.41, 5.74) is 5.61. The molecule has 0 fully saturated rings. The molecule has 0 saturated carbocycles. The lowest BCUT2D eigenvalue weighted by Crippen LogP contribution is -2.35. The van der Waals surface area contributed by atoms with E-state index in [0.29, 0.717) is 16.9 Å². The maximum Gasteiger partial charge on any atom is 0.416 e. The van der Waals surface area contributed by atoms with Gasteiger partial charge in [0.15, 0.2) is 0 Å². The molecule has 5 nitrogen and oxygen atoms in total. The first-order valence-electron chi connectivity index (χ1n) is 8.04. The van der Waals surface area contributed by atoms with Crippen LogP contribution in [0.25, 0.3) is 5.57 Å². The standard InChI is InChI=1S/C19H16F3N3O2/c1-11(23-24-12(2)26)17-15-9-8-13(19(20,21)22)10-16(15)25(18(17)27)14-6-4-3-5-7-14/h3-10,23H,1-2H3,(H,24,26)/b17-11-. The average molecular weight is 375 g/mol. The van der Waals surface area contributed by atoms with Crippen LogP contribution in [0.4, 0.5) is 24.5 Å².